The molecule has 1 saturated carbocycles. The number of carboxylic acids is 1. The normalized spacial score (nSPS) is 30.2. The van der Waals surface area contributed by atoms with Gasteiger partial charge in [0, 0.05) is 13.7 Å². The number of aliphatic carboxylic acids is 1. The van der Waals surface area contributed by atoms with E-state index in [1.54, 1.807) is 7.11 Å². The van der Waals surface area contributed by atoms with Gasteiger partial charge in [-0.05, 0) is 31.6 Å². The van der Waals surface area contributed by atoms with Gasteiger partial charge in [-0.15, -0.1) is 0 Å². The second-order valence-corrected chi connectivity index (χ2v) is 5.24. The minimum atomic E-state index is -0.587. The van der Waals surface area contributed by atoms with Crippen LogP contribution in [-0.4, -0.2) is 24.8 Å². The molecule has 0 bridgehead atoms. The maximum Gasteiger partial charge on any atom is 0.309 e. The van der Waals surface area contributed by atoms with Gasteiger partial charge in [0.1, 0.15) is 0 Å². The van der Waals surface area contributed by atoms with E-state index in [-0.39, 0.29) is 0 Å². The lowest BCUT2D eigenvalue weighted by atomic mass is 9.67. The molecule has 0 spiro atoms. The predicted octanol–water partition coefficient (Wildman–Crippen LogP) is 3.08. The molecule has 0 aromatic heterocycles. The van der Waals surface area contributed by atoms with Gasteiger partial charge in [-0.3, -0.25) is 4.79 Å². The maximum absolute atomic E-state index is 11.5. The summed E-state index contributed by atoms with van der Waals surface area (Å²) >= 11 is 0. The second kappa shape index (κ2) is 6.24. The highest BCUT2D eigenvalue weighted by Gasteiger charge is 2.40. The molecular formula is C13H24O3. The van der Waals surface area contributed by atoms with E-state index in [1.807, 2.05) is 0 Å². The molecule has 0 saturated heterocycles. The lowest BCUT2D eigenvalue weighted by Gasteiger charge is -2.36. The summed E-state index contributed by atoms with van der Waals surface area (Å²) in [7, 11) is 1.69. The Morgan fingerprint density at radius 1 is 1.50 bits per heavy atom. The van der Waals surface area contributed by atoms with Crippen molar-refractivity contribution < 1.29 is 14.6 Å². The van der Waals surface area contributed by atoms with Crippen molar-refractivity contribution in [1.29, 1.82) is 0 Å². The van der Waals surface area contributed by atoms with Crippen molar-refractivity contribution in [3.05, 3.63) is 0 Å². The van der Waals surface area contributed by atoms with E-state index in [0.717, 1.165) is 45.1 Å². The molecule has 1 N–H and O–H groups in total. The van der Waals surface area contributed by atoms with Gasteiger partial charge in [0.15, 0.2) is 0 Å². The van der Waals surface area contributed by atoms with Crippen LogP contribution >= 0.6 is 0 Å². The summed E-state index contributed by atoms with van der Waals surface area (Å²) in [5, 5.41) is 9.43. The number of unbranched alkanes of at least 4 members (excludes halogenated alkanes) is 1. The highest BCUT2D eigenvalue weighted by Crippen LogP contribution is 2.43. The van der Waals surface area contributed by atoms with Crippen LogP contribution in [0.15, 0.2) is 0 Å². The van der Waals surface area contributed by atoms with Crippen molar-refractivity contribution in [1.82, 2.24) is 0 Å². The smallest absolute Gasteiger partial charge is 0.309 e. The number of methoxy groups -OCH3 is 1. The van der Waals surface area contributed by atoms with E-state index in [2.05, 4.69) is 6.92 Å². The molecule has 1 aliphatic rings. The quantitative estimate of drug-likeness (QED) is 0.711. The highest BCUT2D eigenvalue weighted by molar-refractivity contribution is 5.74. The molecule has 0 aromatic rings. The van der Waals surface area contributed by atoms with E-state index >= 15 is 0 Å². The number of ether oxygens (including phenoxy) is 1. The number of hydrogen-bond donors (Lipinski definition) is 1. The molecular weight excluding hydrogens is 204 g/mol. The van der Waals surface area contributed by atoms with Crippen molar-refractivity contribution in [3.63, 3.8) is 0 Å². The molecule has 0 radical (unpaired) electrons. The van der Waals surface area contributed by atoms with Crippen LogP contribution < -0.4 is 0 Å². The molecule has 0 amide bonds. The van der Waals surface area contributed by atoms with Gasteiger partial charge in [0.2, 0.25) is 0 Å². The predicted molar refractivity (Wildman–Crippen MR) is 63.4 cm³/mol. The molecule has 16 heavy (non-hydrogen) atoms. The summed E-state index contributed by atoms with van der Waals surface area (Å²) < 4.78 is 5.00. The molecule has 3 heteroatoms. The van der Waals surface area contributed by atoms with Gasteiger partial charge in [-0.25, -0.2) is 0 Å². The monoisotopic (exact) mass is 228 g/mol. The van der Waals surface area contributed by atoms with Crippen LogP contribution in [0.4, 0.5) is 0 Å². The van der Waals surface area contributed by atoms with E-state index in [0.29, 0.717) is 5.92 Å². The van der Waals surface area contributed by atoms with Gasteiger partial charge in [-0.1, -0.05) is 26.2 Å². The van der Waals surface area contributed by atoms with E-state index in [4.69, 9.17) is 4.74 Å². The number of carbonyl (C=O) groups is 1. The van der Waals surface area contributed by atoms with Crippen LogP contribution in [0, 0.1) is 11.3 Å². The summed E-state index contributed by atoms with van der Waals surface area (Å²) in [6, 6.07) is 0. The Kier molecular flexibility index (Phi) is 5.26. The molecule has 3 nitrogen and oxygen atoms in total. The summed E-state index contributed by atoms with van der Waals surface area (Å²) in [4.78, 5) is 11.5. The standard InChI is InChI=1S/C13H24O3/c1-11-6-5-8-13(10-11,12(14)15)7-3-4-9-16-2/h11H,3-10H2,1-2H3,(H,14,15). The van der Waals surface area contributed by atoms with Crippen LogP contribution in [0.5, 0.6) is 0 Å². The molecule has 1 aliphatic carbocycles. The third-order valence-electron chi connectivity index (χ3n) is 3.80. The van der Waals surface area contributed by atoms with E-state index in [1.165, 1.54) is 6.42 Å². The summed E-state index contributed by atoms with van der Waals surface area (Å²) in [6.07, 6.45) is 6.72. The maximum atomic E-state index is 11.5. The first-order valence-electron chi connectivity index (χ1n) is 6.33. The minimum Gasteiger partial charge on any atom is -0.481 e. The van der Waals surface area contributed by atoms with Crippen molar-refractivity contribution in [2.24, 2.45) is 11.3 Å². The minimum absolute atomic E-state index is 0.439. The largest absolute Gasteiger partial charge is 0.481 e. The van der Waals surface area contributed by atoms with Gasteiger partial charge < -0.3 is 9.84 Å². The van der Waals surface area contributed by atoms with Crippen LogP contribution in [-0.2, 0) is 9.53 Å². The lowest BCUT2D eigenvalue weighted by molar-refractivity contribution is -0.152. The summed E-state index contributed by atoms with van der Waals surface area (Å²) in [5.41, 5.74) is -0.439. The van der Waals surface area contributed by atoms with Gasteiger partial charge in [0.25, 0.3) is 0 Å². The Balaban J connectivity index is 2.48. The molecule has 2 unspecified atom stereocenters. The Hall–Kier alpha value is -0.570. The average Bonchev–Trinajstić information content (AvgIpc) is 2.24. The lowest BCUT2D eigenvalue weighted by Crippen LogP contribution is -2.36. The van der Waals surface area contributed by atoms with Gasteiger partial charge in [0.05, 0.1) is 5.41 Å². The molecule has 94 valence electrons. The van der Waals surface area contributed by atoms with E-state index < -0.39 is 11.4 Å². The molecule has 0 heterocycles. The fourth-order valence-electron chi connectivity index (χ4n) is 2.90. The first-order chi connectivity index (χ1) is 7.60. The number of carboxylic acid groups (broad SMARTS) is 1. The average molecular weight is 228 g/mol. The van der Waals surface area contributed by atoms with Gasteiger partial charge in [-0.2, -0.15) is 0 Å². The fourth-order valence-corrected chi connectivity index (χ4v) is 2.90. The zero-order valence-electron chi connectivity index (χ0n) is 10.5. The third-order valence-corrected chi connectivity index (χ3v) is 3.80. The van der Waals surface area contributed by atoms with Crippen LogP contribution in [0.2, 0.25) is 0 Å². The number of rotatable bonds is 6. The van der Waals surface area contributed by atoms with Crippen LogP contribution in [0.1, 0.15) is 51.9 Å². The molecule has 0 aromatic carbocycles. The third kappa shape index (κ3) is 3.48. The highest BCUT2D eigenvalue weighted by atomic mass is 16.5. The first-order valence-corrected chi connectivity index (χ1v) is 6.33. The molecule has 1 rings (SSSR count). The zero-order valence-corrected chi connectivity index (χ0v) is 10.5. The zero-order chi connectivity index (χ0) is 12.0. The molecule has 1 fully saturated rings. The molecule has 2 atom stereocenters. The van der Waals surface area contributed by atoms with Crippen molar-refractivity contribution >= 4 is 5.97 Å². The Labute approximate surface area is 98.2 Å². The van der Waals surface area contributed by atoms with Crippen LogP contribution in [0.3, 0.4) is 0 Å². The Bertz CT molecular complexity index is 227. The van der Waals surface area contributed by atoms with Gasteiger partial charge >= 0.3 is 5.97 Å². The Morgan fingerprint density at radius 3 is 2.81 bits per heavy atom. The van der Waals surface area contributed by atoms with Crippen LogP contribution in [0.25, 0.3) is 0 Å². The number of hydrogen-bond acceptors (Lipinski definition) is 2. The van der Waals surface area contributed by atoms with E-state index in [9.17, 15) is 9.90 Å². The Morgan fingerprint density at radius 2 is 2.25 bits per heavy atom. The summed E-state index contributed by atoms with van der Waals surface area (Å²) in [6.45, 7) is 2.91. The topological polar surface area (TPSA) is 46.5 Å². The van der Waals surface area contributed by atoms with Crippen molar-refractivity contribution in [3.8, 4) is 0 Å². The molecule has 0 aliphatic heterocycles. The van der Waals surface area contributed by atoms with Crippen molar-refractivity contribution in [2.45, 2.75) is 51.9 Å². The second-order valence-electron chi connectivity index (χ2n) is 5.24. The van der Waals surface area contributed by atoms with Crippen molar-refractivity contribution in [2.75, 3.05) is 13.7 Å². The first kappa shape index (κ1) is 13.5. The fraction of sp³-hybridized carbons (Fsp3) is 0.923. The summed E-state index contributed by atoms with van der Waals surface area (Å²) in [5.74, 6) is -0.0243. The SMILES string of the molecule is COCCCCC1(C(=O)O)CCCC(C)C1.